The second-order valence-corrected chi connectivity index (χ2v) is 4.74. The van der Waals surface area contributed by atoms with Crippen molar-refractivity contribution in [2.45, 2.75) is 26.8 Å². The van der Waals surface area contributed by atoms with Gasteiger partial charge in [0, 0.05) is 43.9 Å². The number of carbonyl (C=O) groups is 1. The Morgan fingerprint density at radius 3 is 2.85 bits per heavy atom. The Morgan fingerprint density at radius 2 is 2.15 bits per heavy atom. The Hall–Kier alpha value is -1.11. The van der Waals surface area contributed by atoms with Gasteiger partial charge >= 0.3 is 0 Å². The SMILES string of the molecule is CCN(CC)CCNC(=O)c1n[nH]c2c1CNCC2.Cl. The molecule has 0 unspecified atom stereocenters. The molecule has 1 aromatic heterocycles. The van der Waals surface area contributed by atoms with E-state index in [2.05, 4.69) is 39.6 Å². The maximum atomic E-state index is 12.1. The third-order valence-corrected chi connectivity index (χ3v) is 3.63. The highest BCUT2D eigenvalue weighted by Gasteiger charge is 2.21. The summed E-state index contributed by atoms with van der Waals surface area (Å²) in [6.45, 7) is 9.48. The molecule has 2 rings (SSSR count). The van der Waals surface area contributed by atoms with Crippen molar-refractivity contribution in [3.8, 4) is 0 Å². The normalized spacial score (nSPS) is 13.8. The van der Waals surface area contributed by atoms with Gasteiger partial charge in [0.25, 0.3) is 5.91 Å². The van der Waals surface area contributed by atoms with Crippen molar-refractivity contribution in [1.29, 1.82) is 0 Å². The van der Waals surface area contributed by atoms with Crippen LogP contribution in [0.3, 0.4) is 0 Å². The molecule has 0 saturated carbocycles. The summed E-state index contributed by atoms with van der Waals surface area (Å²) in [4.78, 5) is 14.4. The zero-order valence-corrected chi connectivity index (χ0v) is 13.0. The lowest BCUT2D eigenvalue weighted by Crippen LogP contribution is -2.35. The Balaban J connectivity index is 0.00000200. The maximum Gasteiger partial charge on any atom is 0.272 e. The minimum atomic E-state index is -0.0756. The van der Waals surface area contributed by atoms with E-state index in [4.69, 9.17) is 0 Å². The van der Waals surface area contributed by atoms with Crippen molar-refractivity contribution >= 4 is 18.3 Å². The second-order valence-electron chi connectivity index (χ2n) is 4.74. The van der Waals surface area contributed by atoms with Crippen LogP contribution in [0.25, 0.3) is 0 Å². The molecule has 6 nitrogen and oxygen atoms in total. The fourth-order valence-corrected chi connectivity index (χ4v) is 2.36. The van der Waals surface area contributed by atoms with Gasteiger partial charge in [-0.25, -0.2) is 0 Å². The van der Waals surface area contributed by atoms with Crippen LogP contribution in [-0.2, 0) is 13.0 Å². The fraction of sp³-hybridized carbons (Fsp3) is 0.692. The molecule has 0 atom stereocenters. The Morgan fingerprint density at radius 1 is 1.40 bits per heavy atom. The van der Waals surface area contributed by atoms with Gasteiger partial charge in [0.1, 0.15) is 0 Å². The van der Waals surface area contributed by atoms with Gasteiger partial charge in [-0.3, -0.25) is 9.89 Å². The standard InChI is InChI=1S/C13H23N5O.ClH/c1-3-18(4-2)8-7-15-13(19)12-10-9-14-6-5-11(10)16-17-12;/h14H,3-9H2,1-2H3,(H,15,19)(H,16,17);1H. The minimum absolute atomic E-state index is 0. The lowest BCUT2D eigenvalue weighted by molar-refractivity contribution is 0.0942. The molecule has 1 aromatic rings. The number of amides is 1. The summed E-state index contributed by atoms with van der Waals surface area (Å²) in [7, 11) is 0. The average Bonchev–Trinajstić information content (AvgIpc) is 2.87. The van der Waals surface area contributed by atoms with E-state index in [9.17, 15) is 4.79 Å². The molecule has 0 fully saturated rings. The van der Waals surface area contributed by atoms with Gasteiger partial charge in [0.2, 0.25) is 0 Å². The zero-order chi connectivity index (χ0) is 13.7. The highest BCUT2D eigenvalue weighted by molar-refractivity contribution is 5.94. The van der Waals surface area contributed by atoms with Crippen molar-refractivity contribution in [1.82, 2.24) is 25.7 Å². The third-order valence-electron chi connectivity index (χ3n) is 3.63. The molecule has 7 heteroatoms. The van der Waals surface area contributed by atoms with Crippen molar-refractivity contribution in [3.05, 3.63) is 17.0 Å². The second kappa shape index (κ2) is 8.24. The van der Waals surface area contributed by atoms with Gasteiger partial charge in [-0.05, 0) is 13.1 Å². The first kappa shape index (κ1) is 16.9. The van der Waals surface area contributed by atoms with Gasteiger partial charge in [0.15, 0.2) is 5.69 Å². The number of hydrogen-bond acceptors (Lipinski definition) is 4. The van der Waals surface area contributed by atoms with Gasteiger partial charge in [-0.2, -0.15) is 5.10 Å². The van der Waals surface area contributed by atoms with E-state index >= 15 is 0 Å². The quantitative estimate of drug-likeness (QED) is 0.717. The van der Waals surface area contributed by atoms with Crippen molar-refractivity contribution in [3.63, 3.8) is 0 Å². The van der Waals surface area contributed by atoms with Gasteiger partial charge in [-0.1, -0.05) is 13.8 Å². The van der Waals surface area contributed by atoms with Crippen molar-refractivity contribution in [2.24, 2.45) is 0 Å². The molecule has 20 heavy (non-hydrogen) atoms. The summed E-state index contributed by atoms with van der Waals surface area (Å²) < 4.78 is 0. The Kier molecular flexibility index (Phi) is 6.98. The number of halogens is 1. The van der Waals surface area contributed by atoms with E-state index in [-0.39, 0.29) is 18.3 Å². The van der Waals surface area contributed by atoms with Crippen LogP contribution in [-0.4, -0.2) is 53.7 Å². The smallest absolute Gasteiger partial charge is 0.272 e. The Bertz CT molecular complexity index is 430. The molecule has 0 bridgehead atoms. The average molecular weight is 302 g/mol. The summed E-state index contributed by atoms with van der Waals surface area (Å²) in [6.07, 6.45) is 0.912. The molecule has 1 aliphatic rings. The molecule has 0 radical (unpaired) electrons. The highest BCUT2D eigenvalue weighted by atomic mass is 35.5. The molecule has 1 aliphatic heterocycles. The summed E-state index contributed by atoms with van der Waals surface area (Å²) in [5.41, 5.74) is 2.65. The summed E-state index contributed by atoms with van der Waals surface area (Å²) >= 11 is 0. The number of rotatable bonds is 6. The van der Waals surface area contributed by atoms with E-state index in [1.54, 1.807) is 0 Å². The number of nitrogens with one attached hydrogen (secondary N) is 3. The van der Waals surface area contributed by atoms with E-state index in [1.807, 2.05) is 0 Å². The summed E-state index contributed by atoms with van der Waals surface area (Å²) in [5.74, 6) is -0.0756. The number of fused-ring (bicyclic) bond motifs is 1. The van der Waals surface area contributed by atoms with Crippen LogP contribution in [0.2, 0.25) is 0 Å². The topological polar surface area (TPSA) is 73.0 Å². The first-order valence-corrected chi connectivity index (χ1v) is 7.03. The molecule has 2 heterocycles. The molecule has 3 N–H and O–H groups in total. The number of aromatic amines is 1. The molecule has 0 aromatic carbocycles. The van der Waals surface area contributed by atoms with Crippen LogP contribution >= 0.6 is 12.4 Å². The van der Waals surface area contributed by atoms with Gasteiger partial charge in [0.05, 0.1) is 0 Å². The van der Waals surface area contributed by atoms with Crippen LogP contribution in [0.4, 0.5) is 0 Å². The number of hydrogen-bond donors (Lipinski definition) is 3. The predicted molar refractivity (Wildman–Crippen MR) is 81.4 cm³/mol. The molecule has 0 spiro atoms. The van der Waals surface area contributed by atoms with E-state index in [1.165, 1.54) is 0 Å². The summed E-state index contributed by atoms with van der Waals surface area (Å²) in [5, 5.41) is 13.3. The molecular formula is C13H24ClN5O. The molecule has 1 amide bonds. The molecule has 0 saturated heterocycles. The first-order valence-electron chi connectivity index (χ1n) is 7.03. The van der Waals surface area contributed by atoms with E-state index < -0.39 is 0 Å². The van der Waals surface area contributed by atoms with Crippen molar-refractivity contribution < 1.29 is 4.79 Å². The number of carbonyl (C=O) groups excluding carboxylic acids is 1. The van der Waals surface area contributed by atoms with E-state index in [0.717, 1.165) is 50.4 Å². The van der Waals surface area contributed by atoms with Crippen LogP contribution in [0.5, 0.6) is 0 Å². The predicted octanol–water partition coefficient (Wildman–Crippen LogP) is 0.549. The monoisotopic (exact) mass is 301 g/mol. The lowest BCUT2D eigenvalue weighted by atomic mass is 10.1. The minimum Gasteiger partial charge on any atom is -0.349 e. The summed E-state index contributed by atoms with van der Waals surface area (Å²) in [6, 6.07) is 0. The fourth-order valence-electron chi connectivity index (χ4n) is 2.36. The zero-order valence-electron chi connectivity index (χ0n) is 12.2. The van der Waals surface area contributed by atoms with Gasteiger partial charge in [-0.15, -0.1) is 12.4 Å². The third kappa shape index (κ3) is 3.94. The number of H-pyrrole nitrogens is 1. The van der Waals surface area contributed by atoms with Gasteiger partial charge < -0.3 is 15.5 Å². The largest absolute Gasteiger partial charge is 0.349 e. The van der Waals surface area contributed by atoms with E-state index in [0.29, 0.717) is 12.2 Å². The van der Waals surface area contributed by atoms with Crippen LogP contribution < -0.4 is 10.6 Å². The molecule has 114 valence electrons. The van der Waals surface area contributed by atoms with Crippen LogP contribution in [0.1, 0.15) is 35.6 Å². The van der Waals surface area contributed by atoms with Crippen LogP contribution in [0, 0.1) is 0 Å². The molecular weight excluding hydrogens is 278 g/mol. The first-order chi connectivity index (χ1) is 9.26. The lowest BCUT2D eigenvalue weighted by Gasteiger charge is -2.18. The number of likely N-dealkylation sites (N-methyl/N-ethyl adjacent to an activating group) is 1. The molecule has 0 aliphatic carbocycles. The number of nitrogens with zero attached hydrogens (tertiary/aromatic N) is 2. The van der Waals surface area contributed by atoms with Crippen LogP contribution in [0.15, 0.2) is 0 Å². The Labute approximate surface area is 126 Å². The maximum absolute atomic E-state index is 12.1. The highest BCUT2D eigenvalue weighted by Crippen LogP contribution is 2.14. The van der Waals surface area contributed by atoms with Crippen molar-refractivity contribution in [2.75, 3.05) is 32.7 Å². The number of aromatic nitrogens is 2.